The quantitative estimate of drug-likeness (QED) is 0.840. The van der Waals surface area contributed by atoms with Crippen molar-refractivity contribution in [3.8, 4) is 0 Å². The van der Waals surface area contributed by atoms with Crippen LogP contribution in [0.4, 0.5) is 4.39 Å². The first-order valence-corrected chi connectivity index (χ1v) is 7.46. The molecule has 0 aromatic heterocycles. The maximum atomic E-state index is 13.2. The molecular formula is C15H16ClFN2O2. The van der Waals surface area contributed by atoms with Gasteiger partial charge < -0.3 is 9.80 Å². The van der Waals surface area contributed by atoms with Gasteiger partial charge in [-0.1, -0.05) is 17.7 Å². The normalized spacial score (nSPS) is 22.5. The zero-order valence-corrected chi connectivity index (χ0v) is 12.3. The van der Waals surface area contributed by atoms with E-state index in [1.54, 1.807) is 15.9 Å². The minimum absolute atomic E-state index is 0.00694. The molecule has 0 radical (unpaired) electrons. The van der Waals surface area contributed by atoms with Gasteiger partial charge in [0, 0.05) is 13.1 Å². The van der Waals surface area contributed by atoms with Gasteiger partial charge in [0.2, 0.25) is 11.8 Å². The van der Waals surface area contributed by atoms with Crippen molar-refractivity contribution in [2.24, 2.45) is 0 Å². The van der Waals surface area contributed by atoms with Crippen LogP contribution in [0, 0.1) is 5.82 Å². The van der Waals surface area contributed by atoms with Crippen molar-refractivity contribution in [2.75, 3.05) is 13.1 Å². The average Bonchev–Trinajstić information content (AvgIpc) is 2.48. The first-order chi connectivity index (χ1) is 10.1. The molecule has 0 saturated carbocycles. The Morgan fingerprint density at radius 1 is 1.29 bits per heavy atom. The molecule has 3 rings (SSSR count). The van der Waals surface area contributed by atoms with E-state index in [1.807, 2.05) is 0 Å². The Labute approximate surface area is 127 Å². The van der Waals surface area contributed by atoms with E-state index in [0.717, 1.165) is 24.8 Å². The Hall–Kier alpha value is -1.62. The second kappa shape index (κ2) is 5.64. The lowest BCUT2D eigenvalue weighted by molar-refractivity contribution is -0.158. The Bertz CT molecular complexity index is 593. The highest BCUT2D eigenvalue weighted by Crippen LogP contribution is 2.25. The molecule has 2 heterocycles. The van der Waals surface area contributed by atoms with Crippen molar-refractivity contribution in [1.82, 2.24) is 9.80 Å². The predicted octanol–water partition coefficient (Wildman–Crippen LogP) is 2.20. The Morgan fingerprint density at radius 3 is 2.86 bits per heavy atom. The van der Waals surface area contributed by atoms with E-state index in [2.05, 4.69) is 0 Å². The largest absolute Gasteiger partial charge is 0.329 e. The summed E-state index contributed by atoms with van der Waals surface area (Å²) >= 11 is 5.75. The van der Waals surface area contributed by atoms with E-state index in [1.165, 1.54) is 12.1 Å². The Kier molecular flexibility index (Phi) is 3.85. The number of hydrogen-bond acceptors (Lipinski definition) is 2. The first kappa shape index (κ1) is 14.3. The molecule has 112 valence electrons. The molecule has 2 amide bonds. The fourth-order valence-electron chi connectivity index (χ4n) is 3.02. The summed E-state index contributed by atoms with van der Waals surface area (Å²) in [5.74, 6) is -0.512. The molecule has 2 aliphatic heterocycles. The summed E-state index contributed by atoms with van der Waals surface area (Å²) in [6.45, 7) is 1.05. The van der Waals surface area contributed by atoms with E-state index in [-0.39, 0.29) is 36.0 Å². The van der Waals surface area contributed by atoms with Crippen molar-refractivity contribution in [2.45, 2.75) is 31.8 Å². The Morgan fingerprint density at radius 2 is 2.10 bits per heavy atom. The van der Waals surface area contributed by atoms with Gasteiger partial charge in [-0.25, -0.2) is 4.39 Å². The number of fused-ring (bicyclic) bond motifs is 1. The summed E-state index contributed by atoms with van der Waals surface area (Å²) in [6, 6.07) is 4.05. The van der Waals surface area contributed by atoms with Gasteiger partial charge in [0.05, 0.1) is 5.02 Å². The molecule has 1 atom stereocenters. The van der Waals surface area contributed by atoms with E-state index in [4.69, 9.17) is 11.6 Å². The number of piperazine rings is 1. The summed E-state index contributed by atoms with van der Waals surface area (Å²) in [4.78, 5) is 27.9. The van der Waals surface area contributed by atoms with Crippen LogP contribution in [0.25, 0.3) is 0 Å². The molecule has 2 saturated heterocycles. The topological polar surface area (TPSA) is 40.6 Å². The lowest BCUT2D eigenvalue weighted by Crippen LogP contribution is -2.60. The lowest BCUT2D eigenvalue weighted by Gasteiger charge is -2.42. The summed E-state index contributed by atoms with van der Waals surface area (Å²) in [5, 5.41) is 0.0302. The van der Waals surface area contributed by atoms with Crippen LogP contribution in [0.3, 0.4) is 0 Å². The predicted molar refractivity (Wildman–Crippen MR) is 76.2 cm³/mol. The highest BCUT2D eigenvalue weighted by molar-refractivity contribution is 6.30. The fraction of sp³-hybridized carbons (Fsp3) is 0.467. The van der Waals surface area contributed by atoms with Gasteiger partial charge in [-0.15, -0.1) is 0 Å². The summed E-state index contributed by atoms with van der Waals surface area (Å²) < 4.78 is 13.2. The average molecular weight is 311 g/mol. The highest BCUT2D eigenvalue weighted by Gasteiger charge is 2.40. The number of halogens is 2. The van der Waals surface area contributed by atoms with Gasteiger partial charge >= 0.3 is 0 Å². The minimum atomic E-state index is -0.486. The number of carbonyl (C=O) groups excluding carboxylic acids is 2. The number of hydrogen-bond donors (Lipinski definition) is 0. The number of carbonyl (C=O) groups is 2. The summed E-state index contributed by atoms with van der Waals surface area (Å²) in [6.07, 6.45) is 2.66. The highest BCUT2D eigenvalue weighted by atomic mass is 35.5. The van der Waals surface area contributed by atoms with E-state index < -0.39 is 5.82 Å². The van der Waals surface area contributed by atoms with Crippen LogP contribution in [0.1, 0.15) is 24.8 Å². The second-order valence-electron chi connectivity index (χ2n) is 5.54. The molecule has 1 aromatic rings. The van der Waals surface area contributed by atoms with Crippen molar-refractivity contribution in [3.05, 3.63) is 34.6 Å². The molecule has 2 fully saturated rings. The van der Waals surface area contributed by atoms with Crippen LogP contribution >= 0.6 is 11.6 Å². The van der Waals surface area contributed by atoms with Crippen LogP contribution in [-0.2, 0) is 16.1 Å². The molecule has 1 unspecified atom stereocenters. The lowest BCUT2D eigenvalue weighted by atomic mass is 9.98. The molecule has 4 nitrogen and oxygen atoms in total. The maximum Gasteiger partial charge on any atom is 0.246 e. The van der Waals surface area contributed by atoms with Crippen LogP contribution in [0.2, 0.25) is 5.02 Å². The molecule has 1 aromatic carbocycles. The summed E-state index contributed by atoms with van der Waals surface area (Å²) in [7, 11) is 0. The SMILES string of the molecule is O=C1C2CCCCN2C(=O)CN1Cc1ccc(F)c(Cl)c1. The molecule has 21 heavy (non-hydrogen) atoms. The molecular weight excluding hydrogens is 295 g/mol. The van der Waals surface area contributed by atoms with Gasteiger partial charge in [-0.05, 0) is 37.0 Å². The Balaban J connectivity index is 1.77. The van der Waals surface area contributed by atoms with E-state index in [0.29, 0.717) is 6.54 Å². The van der Waals surface area contributed by atoms with Gasteiger partial charge in [-0.3, -0.25) is 9.59 Å². The zero-order chi connectivity index (χ0) is 15.0. The number of rotatable bonds is 2. The minimum Gasteiger partial charge on any atom is -0.329 e. The maximum absolute atomic E-state index is 13.2. The first-order valence-electron chi connectivity index (χ1n) is 7.08. The van der Waals surface area contributed by atoms with Crippen molar-refractivity contribution in [3.63, 3.8) is 0 Å². The molecule has 0 N–H and O–H groups in total. The number of piperidine rings is 1. The molecule has 0 spiro atoms. The van der Waals surface area contributed by atoms with E-state index in [9.17, 15) is 14.0 Å². The molecule has 2 aliphatic rings. The zero-order valence-electron chi connectivity index (χ0n) is 11.5. The van der Waals surface area contributed by atoms with Crippen LogP contribution in [0.5, 0.6) is 0 Å². The number of amides is 2. The fourth-order valence-corrected chi connectivity index (χ4v) is 3.22. The van der Waals surface area contributed by atoms with Crippen molar-refractivity contribution in [1.29, 1.82) is 0 Å². The molecule has 0 bridgehead atoms. The molecule has 6 heteroatoms. The summed E-state index contributed by atoms with van der Waals surface area (Å²) in [5.41, 5.74) is 0.729. The monoisotopic (exact) mass is 310 g/mol. The second-order valence-corrected chi connectivity index (χ2v) is 5.95. The van der Waals surface area contributed by atoms with Gasteiger partial charge in [0.15, 0.2) is 0 Å². The number of benzene rings is 1. The van der Waals surface area contributed by atoms with Crippen LogP contribution in [0.15, 0.2) is 18.2 Å². The smallest absolute Gasteiger partial charge is 0.246 e. The van der Waals surface area contributed by atoms with Crippen molar-refractivity contribution < 1.29 is 14.0 Å². The third-order valence-corrected chi connectivity index (χ3v) is 4.39. The number of nitrogens with zero attached hydrogens (tertiary/aromatic N) is 2. The third-order valence-electron chi connectivity index (χ3n) is 4.10. The van der Waals surface area contributed by atoms with E-state index >= 15 is 0 Å². The van der Waals surface area contributed by atoms with Gasteiger partial charge in [-0.2, -0.15) is 0 Å². The molecule has 0 aliphatic carbocycles. The van der Waals surface area contributed by atoms with Gasteiger partial charge in [0.25, 0.3) is 0 Å². The third kappa shape index (κ3) is 2.75. The van der Waals surface area contributed by atoms with Gasteiger partial charge in [0.1, 0.15) is 18.4 Å². The van der Waals surface area contributed by atoms with Crippen molar-refractivity contribution >= 4 is 23.4 Å². The van der Waals surface area contributed by atoms with Crippen LogP contribution < -0.4 is 0 Å². The standard InChI is InChI=1S/C15H16ClFN2O2/c16-11-7-10(4-5-12(11)17)8-18-9-14(20)19-6-2-1-3-13(19)15(18)21/h4-5,7,13H,1-3,6,8-9H2. The van der Waals surface area contributed by atoms with Crippen LogP contribution in [-0.4, -0.2) is 40.7 Å².